The molecule has 3 aromatic carbocycles. The number of carbonyl (C=O) groups excluding carboxylic acids is 1. The Morgan fingerprint density at radius 3 is 2.21 bits per heavy atom. The second-order valence-electron chi connectivity index (χ2n) is 7.49. The average molecular weight is 449 g/mol. The van der Waals surface area contributed by atoms with Crippen LogP contribution in [-0.4, -0.2) is 44.1 Å². The Hall–Kier alpha value is -3.51. The highest BCUT2D eigenvalue weighted by atomic mass is 16.5. The number of carbonyl (C=O) groups is 1. The summed E-state index contributed by atoms with van der Waals surface area (Å²) in [5.74, 6) is 2.65. The minimum atomic E-state index is -0.138. The highest BCUT2D eigenvalue weighted by Crippen LogP contribution is 2.25. The van der Waals surface area contributed by atoms with Gasteiger partial charge in [0.15, 0.2) is 0 Å². The molecule has 3 aromatic rings. The number of hydrogen-bond donors (Lipinski definition) is 1. The van der Waals surface area contributed by atoms with Crippen LogP contribution in [0, 0.1) is 0 Å². The zero-order valence-corrected chi connectivity index (χ0v) is 19.5. The maximum atomic E-state index is 12.6. The zero-order chi connectivity index (χ0) is 23.5. The predicted molar refractivity (Wildman–Crippen MR) is 130 cm³/mol. The number of benzene rings is 3. The van der Waals surface area contributed by atoms with Crippen LogP contribution in [0.1, 0.15) is 29.8 Å². The van der Waals surface area contributed by atoms with E-state index in [1.165, 1.54) is 0 Å². The maximum absolute atomic E-state index is 12.6. The third-order valence-electron chi connectivity index (χ3n) is 5.33. The standard InChI is InChI=1S/C27H32N2O4/c1-4-29(5-2)18-17-28-27(30)25-16-11-21(19-26(25)31-3)20-32-22-12-14-24(15-13-22)33-23-9-7-6-8-10-23/h6-16,19H,4-5,17-18,20H2,1-3H3,(H,28,30). The van der Waals surface area contributed by atoms with Crippen molar-refractivity contribution in [3.63, 3.8) is 0 Å². The zero-order valence-electron chi connectivity index (χ0n) is 19.5. The Morgan fingerprint density at radius 1 is 0.879 bits per heavy atom. The molecule has 0 aliphatic heterocycles. The number of ether oxygens (including phenoxy) is 3. The molecule has 0 aromatic heterocycles. The van der Waals surface area contributed by atoms with E-state index in [9.17, 15) is 4.79 Å². The molecule has 6 nitrogen and oxygen atoms in total. The first-order valence-electron chi connectivity index (χ1n) is 11.3. The number of methoxy groups -OCH3 is 1. The number of likely N-dealkylation sites (N-methyl/N-ethyl adjacent to an activating group) is 1. The summed E-state index contributed by atoms with van der Waals surface area (Å²) in [6.45, 7) is 7.93. The fraction of sp³-hybridized carbons (Fsp3) is 0.296. The predicted octanol–water partition coefficient (Wildman–Crippen LogP) is 5.14. The molecule has 0 atom stereocenters. The molecule has 0 saturated heterocycles. The summed E-state index contributed by atoms with van der Waals surface area (Å²) < 4.78 is 17.2. The number of nitrogens with zero attached hydrogens (tertiary/aromatic N) is 1. The normalized spacial score (nSPS) is 10.7. The van der Waals surface area contributed by atoms with E-state index in [2.05, 4.69) is 24.1 Å². The monoisotopic (exact) mass is 448 g/mol. The Bertz CT molecular complexity index is 1000. The Kier molecular flexibility index (Phi) is 9.15. The molecule has 33 heavy (non-hydrogen) atoms. The van der Waals surface area contributed by atoms with Crippen LogP contribution in [0.25, 0.3) is 0 Å². The quantitative estimate of drug-likeness (QED) is 0.416. The van der Waals surface area contributed by atoms with Gasteiger partial charge in [-0.3, -0.25) is 4.79 Å². The summed E-state index contributed by atoms with van der Waals surface area (Å²) in [7, 11) is 1.57. The summed E-state index contributed by atoms with van der Waals surface area (Å²) >= 11 is 0. The summed E-state index contributed by atoms with van der Waals surface area (Å²) in [5, 5.41) is 2.97. The molecule has 0 unspecified atom stereocenters. The summed E-state index contributed by atoms with van der Waals surface area (Å²) in [6, 6.07) is 22.6. The van der Waals surface area contributed by atoms with Crippen LogP contribution in [0.5, 0.6) is 23.0 Å². The van der Waals surface area contributed by atoms with Crippen molar-refractivity contribution in [3.05, 3.63) is 83.9 Å². The van der Waals surface area contributed by atoms with E-state index in [-0.39, 0.29) is 5.91 Å². The molecule has 1 amide bonds. The molecule has 0 aliphatic carbocycles. The van der Waals surface area contributed by atoms with Crippen molar-refractivity contribution in [2.75, 3.05) is 33.3 Å². The fourth-order valence-electron chi connectivity index (χ4n) is 3.37. The van der Waals surface area contributed by atoms with E-state index in [0.717, 1.165) is 42.4 Å². The Balaban J connectivity index is 1.54. The number of rotatable bonds is 12. The van der Waals surface area contributed by atoms with Gasteiger partial charge in [-0.1, -0.05) is 38.1 Å². The molecule has 6 heteroatoms. The van der Waals surface area contributed by atoms with Crippen LogP contribution < -0.4 is 19.5 Å². The van der Waals surface area contributed by atoms with Gasteiger partial charge in [-0.2, -0.15) is 0 Å². The van der Waals surface area contributed by atoms with E-state index in [1.54, 1.807) is 13.2 Å². The van der Waals surface area contributed by atoms with Crippen molar-refractivity contribution >= 4 is 5.91 Å². The van der Waals surface area contributed by atoms with Crippen molar-refractivity contribution in [2.45, 2.75) is 20.5 Å². The Morgan fingerprint density at radius 2 is 1.55 bits per heavy atom. The van der Waals surface area contributed by atoms with Crippen LogP contribution in [-0.2, 0) is 6.61 Å². The summed E-state index contributed by atoms with van der Waals surface area (Å²) in [4.78, 5) is 14.8. The number of hydrogen-bond acceptors (Lipinski definition) is 5. The molecule has 0 bridgehead atoms. The van der Waals surface area contributed by atoms with Gasteiger partial charge >= 0.3 is 0 Å². The molecule has 0 spiro atoms. The second-order valence-corrected chi connectivity index (χ2v) is 7.49. The highest BCUT2D eigenvalue weighted by molar-refractivity contribution is 5.97. The van der Waals surface area contributed by atoms with Gasteiger partial charge in [0.1, 0.15) is 29.6 Å². The lowest BCUT2D eigenvalue weighted by atomic mass is 10.1. The average Bonchev–Trinajstić information content (AvgIpc) is 2.86. The van der Waals surface area contributed by atoms with Gasteiger partial charge in [-0.05, 0) is 67.2 Å². The SMILES string of the molecule is CCN(CC)CCNC(=O)c1ccc(COc2ccc(Oc3ccccc3)cc2)cc1OC. The van der Waals surface area contributed by atoms with E-state index in [4.69, 9.17) is 14.2 Å². The molecular formula is C27H32N2O4. The van der Waals surface area contributed by atoms with Gasteiger partial charge in [-0.25, -0.2) is 0 Å². The summed E-state index contributed by atoms with van der Waals surface area (Å²) in [5.41, 5.74) is 1.43. The topological polar surface area (TPSA) is 60.0 Å². The van der Waals surface area contributed by atoms with Crippen LogP contribution in [0.4, 0.5) is 0 Å². The fourth-order valence-corrected chi connectivity index (χ4v) is 3.37. The molecule has 0 aliphatic rings. The van der Waals surface area contributed by atoms with Crippen LogP contribution in [0.15, 0.2) is 72.8 Å². The van der Waals surface area contributed by atoms with Crippen molar-refractivity contribution in [2.24, 2.45) is 0 Å². The van der Waals surface area contributed by atoms with Gasteiger partial charge in [0.05, 0.1) is 12.7 Å². The lowest BCUT2D eigenvalue weighted by Crippen LogP contribution is -2.34. The van der Waals surface area contributed by atoms with Crippen LogP contribution in [0.2, 0.25) is 0 Å². The lowest BCUT2D eigenvalue weighted by molar-refractivity contribution is 0.0946. The van der Waals surface area contributed by atoms with E-state index in [1.807, 2.05) is 66.7 Å². The molecular weight excluding hydrogens is 416 g/mol. The number of para-hydroxylation sites is 1. The third-order valence-corrected chi connectivity index (χ3v) is 5.33. The molecule has 0 heterocycles. The largest absolute Gasteiger partial charge is 0.496 e. The molecule has 0 saturated carbocycles. The second kappa shape index (κ2) is 12.5. The first-order valence-corrected chi connectivity index (χ1v) is 11.3. The molecule has 174 valence electrons. The van der Waals surface area contributed by atoms with Gasteiger partial charge in [0.25, 0.3) is 5.91 Å². The lowest BCUT2D eigenvalue weighted by Gasteiger charge is -2.18. The van der Waals surface area contributed by atoms with Crippen LogP contribution in [0.3, 0.4) is 0 Å². The first kappa shape index (κ1) is 24.1. The van der Waals surface area contributed by atoms with E-state index < -0.39 is 0 Å². The van der Waals surface area contributed by atoms with Crippen LogP contribution >= 0.6 is 0 Å². The maximum Gasteiger partial charge on any atom is 0.255 e. The van der Waals surface area contributed by atoms with E-state index >= 15 is 0 Å². The molecule has 1 N–H and O–H groups in total. The molecule has 3 rings (SSSR count). The van der Waals surface area contributed by atoms with Gasteiger partial charge in [0.2, 0.25) is 0 Å². The smallest absolute Gasteiger partial charge is 0.255 e. The van der Waals surface area contributed by atoms with Gasteiger partial charge in [-0.15, -0.1) is 0 Å². The minimum absolute atomic E-state index is 0.138. The third kappa shape index (κ3) is 7.26. The van der Waals surface area contributed by atoms with Gasteiger partial charge < -0.3 is 24.4 Å². The van der Waals surface area contributed by atoms with Crippen molar-refractivity contribution < 1.29 is 19.0 Å². The Labute approximate surface area is 196 Å². The van der Waals surface area contributed by atoms with Gasteiger partial charge in [0, 0.05) is 13.1 Å². The molecule has 0 fully saturated rings. The molecule has 0 radical (unpaired) electrons. The van der Waals surface area contributed by atoms with Crippen molar-refractivity contribution in [1.82, 2.24) is 10.2 Å². The van der Waals surface area contributed by atoms with Crippen molar-refractivity contribution in [3.8, 4) is 23.0 Å². The first-order chi connectivity index (χ1) is 16.1. The highest BCUT2D eigenvalue weighted by Gasteiger charge is 2.13. The van der Waals surface area contributed by atoms with E-state index in [0.29, 0.717) is 24.5 Å². The number of amides is 1. The summed E-state index contributed by atoms with van der Waals surface area (Å²) in [6.07, 6.45) is 0. The minimum Gasteiger partial charge on any atom is -0.496 e. The van der Waals surface area contributed by atoms with Crippen molar-refractivity contribution in [1.29, 1.82) is 0 Å². The number of nitrogens with one attached hydrogen (secondary N) is 1.